The standard InChI is InChI=1S/C23H29ClFN7O2/c1-2-28-23(31-21(27)15-30-22(33)9-5-6-11-24)18(26)13-20(19-10-12-34-32-19)29-14-16-7-3-4-8-17(16)25/h3-4,7-8,10,12-13H,2,5-6,9,11,14-15,26H2,1H3,(H,30,33)(H2,27,28,31). The number of alkyl halides is 1. The summed E-state index contributed by atoms with van der Waals surface area (Å²) in [6.07, 6.45) is 4.73. The number of nitrogens with two attached hydrogens (primary N) is 2. The molecule has 182 valence electrons. The summed E-state index contributed by atoms with van der Waals surface area (Å²) in [4.78, 5) is 24.9. The number of amides is 1. The second kappa shape index (κ2) is 14.6. The topological polar surface area (TPSA) is 144 Å². The van der Waals surface area contributed by atoms with Gasteiger partial charge in [0.1, 0.15) is 23.6 Å². The molecule has 0 aliphatic rings. The van der Waals surface area contributed by atoms with Crippen molar-refractivity contribution in [1.29, 1.82) is 0 Å². The molecule has 0 saturated carbocycles. The van der Waals surface area contributed by atoms with Crippen molar-refractivity contribution in [1.82, 2.24) is 10.5 Å². The minimum absolute atomic E-state index is 0.0488. The van der Waals surface area contributed by atoms with Crippen LogP contribution in [0.5, 0.6) is 0 Å². The summed E-state index contributed by atoms with van der Waals surface area (Å²) in [5.41, 5.74) is 13.6. The lowest BCUT2D eigenvalue weighted by Gasteiger charge is -2.07. The smallest absolute Gasteiger partial charge is 0.220 e. The fourth-order valence-electron chi connectivity index (χ4n) is 2.73. The third kappa shape index (κ3) is 9.14. The lowest BCUT2D eigenvalue weighted by atomic mass is 10.2. The first-order chi connectivity index (χ1) is 16.4. The summed E-state index contributed by atoms with van der Waals surface area (Å²) in [6, 6.07) is 7.96. The van der Waals surface area contributed by atoms with Gasteiger partial charge < -0.3 is 21.3 Å². The van der Waals surface area contributed by atoms with Crippen molar-refractivity contribution < 1.29 is 13.7 Å². The van der Waals surface area contributed by atoms with E-state index >= 15 is 0 Å². The molecule has 1 heterocycles. The third-order valence-corrected chi connectivity index (χ3v) is 4.71. The van der Waals surface area contributed by atoms with E-state index in [1.807, 2.05) is 6.92 Å². The molecule has 0 aliphatic heterocycles. The number of amidine groups is 2. The van der Waals surface area contributed by atoms with Crippen molar-refractivity contribution >= 4 is 34.9 Å². The molecule has 0 radical (unpaired) electrons. The largest absolute Gasteiger partial charge is 0.396 e. The molecule has 0 spiro atoms. The van der Waals surface area contributed by atoms with E-state index in [1.54, 1.807) is 24.3 Å². The maximum Gasteiger partial charge on any atom is 0.220 e. The predicted octanol–water partition coefficient (Wildman–Crippen LogP) is 2.95. The summed E-state index contributed by atoms with van der Waals surface area (Å²) >= 11 is 5.62. The summed E-state index contributed by atoms with van der Waals surface area (Å²) < 4.78 is 18.9. The molecular formula is C23H29ClFN7O2. The Morgan fingerprint density at radius 2 is 2.03 bits per heavy atom. The maximum absolute atomic E-state index is 14.0. The highest BCUT2D eigenvalue weighted by atomic mass is 35.5. The number of hydrogen-bond donors (Lipinski definition) is 3. The van der Waals surface area contributed by atoms with Gasteiger partial charge in [-0.15, -0.1) is 11.6 Å². The fraction of sp³-hybridized carbons (Fsp3) is 0.348. The zero-order valence-corrected chi connectivity index (χ0v) is 19.8. The first kappa shape index (κ1) is 26.7. The van der Waals surface area contributed by atoms with Crippen LogP contribution in [0.3, 0.4) is 0 Å². The molecule has 9 nitrogen and oxygen atoms in total. The molecule has 2 rings (SSSR count). The zero-order chi connectivity index (χ0) is 24.8. The second-order valence-corrected chi connectivity index (χ2v) is 7.48. The molecule has 0 fully saturated rings. The van der Waals surface area contributed by atoms with Crippen LogP contribution in [-0.4, -0.2) is 47.4 Å². The van der Waals surface area contributed by atoms with Crippen molar-refractivity contribution in [2.45, 2.75) is 32.7 Å². The summed E-state index contributed by atoms with van der Waals surface area (Å²) in [5.74, 6) is 0.325. The third-order valence-electron chi connectivity index (χ3n) is 4.44. The molecule has 1 aromatic heterocycles. The first-order valence-corrected chi connectivity index (χ1v) is 11.3. The van der Waals surface area contributed by atoms with Crippen LogP contribution in [0.25, 0.3) is 0 Å². The highest BCUT2D eigenvalue weighted by Gasteiger charge is 2.11. The number of rotatable bonds is 12. The van der Waals surface area contributed by atoms with E-state index in [1.165, 1.54) is 18.4 Å². The van der Waals surface area contributed by atoms with Crippen molar-refractivity contribution in [2.75, 3.05) is 19.0 Å². The van der Waals surface area contributed by atoms with Crippen molar-refractivity contribution in [3.05, 3.63) is 65.4 Å². The lowest BCUT2D eigenvalue weighted by Crippen LogP contribution is -2.34. The Kier molecular flexibility index (Phi) is 11.5. The Bertz CT molecular complexity index is 1050. The first-order valence-electron chi connectivity index (χ1n) is 10.8. The van der Waals surface area contributed by atoms with Crippen LogP contribution in [0, 0.1) is 5.82 Å². The molecule has 11 heteroatoms. The van der Waals surface area contributed by atoms with Gasteiger partial charge in [-0.05, 0) is 31.9 Å². The van der Waals surface area contributed by atoms with Crippen LogP contribution >= 0.6 is 11.6 Å². The quantitative estimate of drug-likeness (QED) is 0.182. The van der Waals surface area contributed by atoms with Gasteiger partial charge in [0.25, 0.3) is 0 Å². The van der Waals surface area contributed by atoms with Crippen molar-refractivity contribution in [2.24, 2.45) is 26.4 Å². The van der Waals surface area contributed by atoms with Crippen LogP contribution in [-0.2, 0) is 11.3 Å². The van der Waals surface area contributed by atoms with E-state index in [9.17, 15) is 9.18 Å². The minimum atomic E-state index is -0.363. The van der Waals surface area contributed by atoms with Crippen molar-refractivity contribution in [3.63, 3.8) is 0 Å². The van der Waals surface area contributed by atoms with Gasteiger partial charge in [-0.1, -0.05) is 23.4 Å². The Morgan fingerprint density at radius 3 is 2.71 bits per heavy atom. The molecule has 5 N–H and O–H groups in total. The summed E-state index contributed by atoms with van der Waals surface area (Å²) in [7, 11) is 0. The molecule has 0 atom stereocenters. The number of nitrogens with zero attached hydrogens (tertiary/aromatic N) is 4. The van der Waals surface area contributed by atoms with E-state index in [0.717, 1.165) is 6.42 Å². The minimum Gasteiger partial charge on any atom is -0.396 e. The van der Waals surface area contributed by atoms with Crippen LogP contribution in [0.2, 0.25) is 0 Å². The number of unbranched alkanes of at least 4 members (excludes halogenated alkanes) is 1. The molecular weight excluding hydrogens is 461 g/mol. The summed E-state index contributed by atoms with van der Waals surface area (Å²) in [5, 5.41) is 6.59. The monoisotopic (exact) mass is 489 g/mol. The average Bonchev–Trinajstić information content (AvgIpc) is 3.36. The van der Waals surface area contributed by atoms with Gasteiger partial charge in [-0.2, -0.15) is 0 Å². The number of benzene rings is 1. The second-order valence-electron chi connectivity index (χ2n) is 7.10. The summed E-state index contributed by atoms with van der Waals surface area (Å²) in [6.45, 7) is 2.34. The Hall–Kier alpha value is -3.53. The number of carbonyl (C=O) groups is 1. The average molecular weight is 490 g/mol. The van der Waals surface area contributed by atoms with E-state index in [4.69, 9.17) is 27.6 Å². The van der Waals surface area contributed by atoms with Gasteiger partial charge in [0, 0.05) is 30.5 Å². The fourth-order valence-corrected chi connectivity index (χ4v) is 2.92. The van der Waals surface area contributed by atoms with Gasteiger partial charge >= 0.3 is 0 Å². The number of carbonyl (C=O) groups excluding carboxylic acids is 1. The highest BCUT2D eigenvalue weighted by Crippen LogP contribution is 2.10. The molecule has 1 aromatic carbocycles. The van der Waals surface area contributed by atoms with Gasteiger partial charge in [-0.3, -0.25) is 14.8 Å². The van der Waals surface area contributed by atoms with Gasteiger partial charge in [0.15, 0.2) is 5.84 Å². The molecule has 34 heavy (non-hydrogen) atoms. The normalized spacial score (nSPS) is 13.3. The van der Waals surface area contributed by atoms with Crippen LogP contribution in [0.15, 0.2) is 67.9 Å². The number of aromatic nitrogens is 1. The van der Waals surface area contributed by atoms with Crippen LogP contribution in [0.1, 0.15) is 37.4 Å². The number of nitrogens with one attached hydrogen (secondary N) is 1. The maximum atomic E-state index is 14.0. The van der Waals surface area contributed by atoms with E-state index in [-0.39, 0.29) is 42.2 Å². The predicted molar refractivity (Wildman–Crippen MR) is 133 cm³/mol. The molecule has 0 saturated heterocycles. The number of halogens is 2. The van der Waals surface area contributed by atoms with E-state index < -0.39 is 0 Å². The number of hydrogen-bond acceptors (Lipinski definition) is 6. The van der Waals surface area contributed by atoms with E-state index in [0.29, 0.717) is 42.2 Å². The van der Waals surface area contributed by atoms with Gasteiger partial charge in [0.2, 0.25) is 5.91 Å². The molecule has 0 unspecified atom stereocenters. The highest BCUT2D eigenvalue weighted by molar-refractivity contribution is 6.17. The zero-order valence-electron chi connectivity index (χ0n) is 19.0. The molecule has 2 aromatic rings. The lowest BCUT2D eigenvalue weighted by molar-refractivity contribution is -0.120. The Labute approximate surface area is 202 Å². The molecule has 0 bridgehead atoms. The van der Waals surface area contributed by atoms with Gasteiger partial charge in [-0.25, -0.2) is 9.38 Å². The SMILES string of the molecule is CCN=C(N=C(N)CNC(=O)CCCCCl)C(N)=CC(=NCc1ccccc1F)c1ccon1. The number of aliphatic imine (C=N–C) groups is 3. The number of allylic oxidation sites excluding steroid dienone is 1. The Morgan fingerprint density at radius 1 is 1.24 bits per heavy atom. The van der Waals surface area contributed by atoms with Crippen molar-refractivity contribution in [3.8, 4) is 0 Å². The Balaban J connectivity index is 2.19. The van der Waals surface area contributed by atoms with Gasteiger partial charge in [0.05, 0.1) is 24.5 Å². The van der Waals surface area contributed by atoms with Crippen LogP contribution < -0.4 is 16.8 Å². The molecule has 0 aliphatic carbocycles. The van der Waals surface area contributed by atoms with Crippen LogP contribution in [0.4, 0.5) is 4.39 Å². The van der Waals surface area contributed by atoms with E-state index in [2.05, 4.69) is 25.5 Å². The molecule has 1 amide bonds.